The standard InChI is InChI=1S/C17H27ClN2O/c1-14(2)20-8-9-21-17(13-20)12-19-16(11-18)10-15-6-4-3-5-7-15/h3-7,14,16-17,19H,8-13H2,1-2H3. The molecule has 2 atom stereocenters. The third-order valence-electron chi connectivity index (χ3n) is 4.05. The molecule has 0 bridgehead atoms. The maximum Gasteiger partial charge on any atom is 0.0826 e. The fourth-order valence-corrected chi connectivity index (χ4v) is 2.93. The van der Waals surface area contributed by atoms with Crippen LogP contribution in [0.2, 0.25) is 0 Å². The van der Waals surface area contributed by atoms with Crippen LogP contribution in [-0.4, -0.2) is 55.2 Å². The molecule has 0 radical (unpaired) electrons. The molecule has 1 N–H and O–H groups in total. The van der Waals surface area contributed by atoms with Crippen LogP contribution in [0.4, 0.5) is 0 Å². The van der Waals surface area contributed by atoms with Gasteiger partial charge < -0.3 is 10.1 Å². The summed E-state index contributed by atoms with van der Waals surface area (Å²) in [7, 11) is 0. The highest BCUT2D eigenvalue weighted by atomic mass is 35.5. The van der Waals surface area contributed by atoms with Crippen molar-refractivity contribution in [2.45, 2.75) is 38.5 Å². The summed E-state index contributed by atoms with van der Waals surface area (Å²) in [6.45, 7) is 8.23. The van der Waals surface area contributed by atoms with Crippen LogP contribution >= 0.6 is 11.6 Å². The predicted molar refractivity (Wildman–Crippen MR) is 89.1 cm³/mol. The Bertz CT molecular complexity index is 399. The lowest BCUT2D eigenvalue weighted by Crippen LogP contribution is -2.50. The van der Waals surface area contributed by atoms with Gasteiger partial charge in [-0.1, -0.05) is 30.3 Å². The summed E-state index contributed by atoms with van der Waals surface area (Å²) in [6, 6.07) is 11.4. The fraction of sp³-hybridized carbons (Fsp3) is 0.647. The number of nitrogens with one attached hydrogen (secondary N) is 1. The van der Waals surface area contributed by atoms with Crippen molar-refractivity contribution in [2.24, 2.45) is 0 Å². The molecule has 118 valence electrons. The second-order valence-electron chi connectivity index (χ2n) is 6.03. The van der Waals surface area contributed by atoms with Crippen molar-refractivity contribution in [3.63, 3.8) is 0 Å². The molecule has 2 unspecified atom stereocenters. The summed E-state index contributed by atoms with van der Waals surface area (Å²) >= 11 is 6.10. The van der Waals surface area contributed by atoms with E-state index in [4.69, 9.17) is 16.3 Å². The lowest BCUT2D eigenvalue weighted by molar-refractivity contribution is -0.0379. The smallest absolute Gasteiger partial charge is 0.0826 e. The molecule has 1 aliphatic rings. The van der Waals surface area contributed by atoms with Gasteiger partial charge in [-0.05, 0) is 25.8 Å². The number of alkyl halides is 1. The maximum atomic E-state index is 6.10. The first-order chi connectivity index (χ1) is 10.2. The van der Waals surface area contributed by atoms with Gasteiger partial charge in [0.1, 0.15) is 0 Å². The molecule has 4 heteroatoms. The van der Waals surface area contributed by atoms with E-state index >= 15 is 0 Å². The predicted octanol–water partition coefficient (Wildman–Crippen LogP) is 2.54. The van der Waals surface area contributed by atoms with E-state index in [1.165, 1.54) is 5.56 Å². The molecular formula is C17H27ClN2O. The first-order valence-electron chi connectivity index (χ1n) is 7.88. The molecule has 3 nitrogen and oxygen atoms in total. The van der Waals surface area contributed by atoms with E-state index in [9.17, 15) is 0 Å². The highest BCUT2D eigenvalue weighted by Gasteiger charge is 2.22. The number of halogens is 1. The van der Waals surface area contributed by atoms with E-state index < -0.39 is 0 Å². The highest BCUT2D eigenvalue weighted by molar-refractivity contribution is 6.18. The summed E-state index contributed by atoms with van der Waals surface area (Å²) in [4.78, 5) is 2.47. The minimum atomic E-state index is 0.266. The summed E-state index contributed by atoms with van der Waals surface area (Å²) < 4.78 is 5.86. The van der Waals surface area contributed by atoms with Crippen LogP contribution < -0.4 is 5.32 Å². The van der Waals surface area contributed by atoms with Crippen LogP contribution in [0, 0.1) is 0 Å². The van der Waals surface area contributed by atoms with Gasteiger partial charge in [0.25, 0.3) is 0 Å². The minimum Gasteiger partial charge on any atom is -0.374 e. The van der Waals surface area contributed by atoms with Crippen molar-refractivity contribution < 1.29 is 4.74 Å². The summed E-state index contributed by atoms with van der Waals surface area (Å²) in [6.07, 6.45) is 1.23. The van der Waals surface area contributed by atoms with Crippen LogP contribution in [0.5, 0.6) is 0 Å². The summed E-state index contributed by atoms with van der Waals surface area (Å²) in [5.41, 5.74) is 1.32. The SMILES string of the molecule is CC(C)N1CCOC(CNC(CCl)Cc2ccccc2)C1. The molecule has 0 spiro atoms. The van der Waals surface area contributed by atoms with Gasteiger partial charge in [-0.25, -0.2) is 0 Å². The Morgan fingerprint density at radius 2 is 2.10 bits per heavy atom. The molecule has 2 rings (SSSR count). The lowest BCUT2D eigenvalue weighted by atomic mass is 10.1. The van der Waals surface area contributed by atoms with Crippen molar-refractivity contribution in [1.82, 2.24) is 10.2 Å². The van der Waals surface area contributed by atoms with Crippen molar-refractivity contribution >= 4 is 11.6 Å². The third kappa shape index (κ3) is 5.59. The van der Waals surface area contributed by atoms with E-state index in [0.717, 1.165) is 32.7 Å². The van der Waals surface area contributed by atoms with Gasteiger partial charge in [0, 0.05) is 37.6 Å². The number of benzene rings is 1. The largest absolute Gasteiger partial charge is 0.374 e. The molecule has 1 aromatic rings. The maximum absolute atomic E-state index is 6.10. The molecule has 0 aliphatic carbocycles. The Labute approximate surface area is 133 Å². The topological polar surface area (TPSA) is 24.5 Å². The van der Waals surface area contributed by atoms with Gasteiger partial charge >= 0.3 is 0 Å². The molecule has 21 heavy (non-hydrogen) atoms. The zero-order valence-corrected chi connectivity index (χ0v) is 13.9. The number of nitrogens with zero attached hydrogens (tertiary/aromatic N) is 1. The molecule has 1 aliphatic heterocycles. The van der Waals surface area contributed by atoms with Gasteiger partial charge in [0.05, 0.1) is 12.7 Å². The van der Waals surface area contributed by atoms with Crippen LogP contribution in [0.1, 0.15) is 19.4 Å². The number of morpholine rings is 1. The van der Waals surface area contributed by atoms with E-state index in [1.807, 2.05) is 6.07 Å². The summed E-state index contributed by atoms with van der Waals surface area (Å²) in [5.74, 6) is 0.621. The third-order valence-corrected chi connectivity index (χ3v) is 4.42. The Kier molecular flexibility index (Phi) is 6.97. The zero-order chi connectivity index (χ0) is 15.1. The van der Waals surface area contributed by atoms with Crippen LogP contribution in [-0.2, 0) is 11.2 Å². The van der Waals surface area contributed by atoms with Crippen molar-refractivity contribution in [3.05, 3.63) is 35.9 Å². The van der Waals surface area contributed by atoms with E-state index in [0.29, 0.717) is 18.0 Å². The lowest BCUT2D eigenvalue weighted by Gasteiger charge is -2.36. The van der Waals surface area contributed by atoms with Crippen LogP contribution in [0.15, 0.2) is 30.3 Å². The molecule has 0 amide bonds. The molecule has 0 aromatic heterocycles. The summed E-state index contributed by atoms with van der Waals surface area (Å²) in [5, 5.41) is 3.56. The Morgan fingerprint density at radius 3 is 2.76 bits per heavy atom. The fourth-order valence-electron chi connectivity index (χ4n) is 2.71. The van der Waals surface area contributed by atoms with Crippen molar-refractivity contribution in [2.75, 3.05) is 32.1 Å². The number of rotatable bonds is 7. The van der Waals surface area contributed by atoms with Gasteiger partial charge in [-0.15, -0.1) is 11.6 Å². The first kappa shape index (κ1) is 16.8. The van der Waals surface area contributed by atoms with E-state index in [-0.39, 0.29) is 6.10 Å². The van der Waals surface area contributed by atoms with Gasteiger partial charge in [0.2, 0.25) is 0 Å². The van der Waals surface area contributed by atoms with E-state index in [2.05, 4.69) is 48.3 Å². The van der Waals surface area contributed by atoms with E-state index in [1.54, 1.807) is 0 Å². The minimum absolute atomic E-state index is 0.266. The molecule has 1 fully saturated rings. The van der Waals surface area contributed by atoms with Gasteiger partial charge in [-0.2, -0.15) is 0 Å². The molecule has 1 saturated heterocycles. The monoisotopic (exact) mass is 310 g/mol. The van der Waals surface area contributed by atoms with Gasteiger partial charge in [0.15, 0.2) is 0 Å². The molecule has 1 aromatic carbocycles. The number of hydrogen-bond acceptors (Lipinski definition) is 3. The van der Waals surface area contributed by atoms with Crippen molar-refractivity contribution in [1.29, 1.82) is 0 Å². The Hall–Kier alpha value is -0.610. The molecular weight excluding hydrogens is 284 g/mol. The molecule has 0 saturated carbocycles. The molecule has 1 heterocycles. The average molecular weight is 311 g/mol. The Balaban J connectivity index is 1.77. The highest BCUT2D eigenvalue weighted by Crippen LogP contribution is 2.09. The van der Waals surface area contributed by atoms with Crippen molar-refractivity contribution in [3.8, 4) is 0 Å². The zero-order valence-electron chi connectivity index (χ0n) is 13.1. The van der Waals surface area contributed by atoms with Gasteiger partial charge in [-0.3, -0.25) is 4.90 Å². The second kappa shape index (κ2) is 8.74. The number of ether oxygens (including phenoxy) is 1. The average Bonchev–Trinajstić information content (AvgIpc) is 2.52. The normalized spacial score (nSPS) is 21.6. The number of hydrogen-bond donors (Lipinski definition) is 1. The Morgan fingerprint density at radius 1 is 1.33 bits per heavy atom. The van der Waals surface area contributed by atoms with Crippen LogP contribution in [0.25, 0.3) is 0 Å². The second-order valence-corrected chi connectivity index (χ2v) is 6.34. The first-order valence-corrected chi connectivity index (χ1v) is 8.41. The van der Waals surface area contributed by atoms with Crippen LogP contribution in [0.3, 0.4) is 0 Å². The quantitative estimate of drug-likeness (QED) is 0.783.